The Kier molecular flexibility index (Phi) is 20.5. The third-order valence-electron chi connectivity index (χ3n) is 11.3. The average Bonchev–Trinajstić information content (AvgIpc) is 4.14. The molecular weight excluding hydrogens is 1040 g/mol. The number of rotatable bonds is 16. The van der Waals surface area contributed by atoms with Crippen molar-refractivity contribution in [2.24, 2.45) is 0 Å². The number of para-hydroxylation sites is 4. The molecule has 0 aliphatic rings. The molecule has 4 aromatic heterocycles. The van der Waals surface area contributed by atoms with Crippen LogP contribution in [0.15, 0.2) is 155 Å². The topological polar surface area (TPSA) is 234 Å². The lowest BCUT2D eigenvalue weighted by atomic mass is 9.40. The monoisotopic (exact) mass is 1090 g/mol. The highest BCUT2D eigenvalue weighted by atomic mass is 35.5. The van der Waals surface area contributed by atoms with E-state index in [0.717, 1.165) is 29.9 Å². The zero-order chi connectivity index (χ0) is 57.0. The quantitative estimate of drug-likeness (QED) is 0.0602. The zero-order valence-corrected chi connectivity index (χ0v) is 44.9. The van der Waals surface area contributed by atoms with Crippen molar-refractivity contribution in [2.45, 2.75) is 26.3 Å². The molecule has 0 amide bonds. The van der Waals surface area contributed by atoms with Gasteiger partial charge in [-0.1, -0.05) is 34.6 Å². The smallest absolute Gasteiger partial charge is 0.169 e. The Bertz CT molecular complexity index is 3760. The summed E-state index contributed by atoms with van der Waals surface area (Å²) in [7, 11) is 16.2. The number of ether oxygens (including phenoxy) is 7. The Morgan fingerprint density at radius 1 is 0.562 bits per heavy atom. The Morgan fingerprint density at radius 2 is 0.988 bits per heavy atom. The Morgan fingerprint density at radius 3 is 1.39 bits per heavy atom. The van der Waals surface area contributed by atoms with Gasteiger partial charge in [0.05, 0.1) is 73.5 Å². The van der Waals surface area contributed by atoms with Crippen molar-refractivity contribution < 1.29 is 47.3 Å². The number of nitrogens with zero attached hydrogens (tertiary/aromatic N) is 6. The molecule has 0 unspecified atom stereocenters. The van der Waals surface area contributed by atoms with Gasteiger partial charge in [-0.05, 0) is 98.8 Å². The average molecular weight is 1090 g/mol. The molecular formula is C58H49B3ClN8O10. The van der Waals surface area contributed by atoms with E-state index in [1.165, 1.54) is 25.6 Å². The highest BCUT2D eigenvalue weighted by Crippen LogP contribution is 2.40. The van der Waals surface area contributed by atoms with Crippen LogP contribution < -0.4 is 43.8 Å². The number of halogens is 1. The molecule has 0 fully saturated rings. The molecule has 0 saturated carbocycles. The van der Waals surface area contributed by atoms with Gasteiger partial charge in [0.25, 0.3) is 0 Å². The maximum atomic E-state index is 10.0. The lowest BCUT2D eigenvalue weighted by molar-refractivity contribution is 0.272. The molecule has 10 aromatic rings. The summed E-state index contributed by atoms with van der Waals surface area (Å²) in [6.07, 6.45) is 3.00. The summed E-state index contributed by atoms with van der Waals surface area (Å²) in [5.41, 5.74) is 6.09. The van der Waals surface area contributed by atoms with E-state index in [2.05, 4.69) is 58.5 Å². The van der Waals surface area contributed by atoms with Gasteiger partial charge in [0, 0.05) is 81.3 Å². The van der Waals surface area contributed by atoms with Crippen LogP contribution >= 0.6 is 11.6 Å². The van der Waals surface area contributed by atoms with Gasteiger partial charge in [0.15, 0.2) is 46.0 Å². The molecule has 0 atom stereocenters. The van der Waals surface area contributed by atoms with E-state index in [0.29, 0.717) is 113 Å². The molecule has 0 aliphatic carbocycles. The van der Waals surface area contributed by atoms with E-state index >= 15 is 0 Å². The number of nitriles is 2. The third-order valence-corrected chi connectivity index (χ3v) is 11.5. The number of fused-ring (bicyclic) bond motifs is 2. The minimum Gasteiger partial charge on any atom is -0.504 e. The molecule has 0 spiro atoms. The van der Waals surface area contributed by atoms with Crippen LogP contribution in [0.25, 0.3) is 21.8 Å². The van der Waals surface area contributed by atoms with Crippen LogP contribution in [0, 0.1) is 36.5 Å². The number of aryl methyl sites for hydroxylation is 2. The van der Waals surface area contributed by atoms with Gasteiger partial charge in [-0.3, -0.25) is 9.97 Å². The second-order valence-corrected chi connectivity index (χ2v) is 16.9. The molecule has 0 saturated heterocycles. The van der Waals surface area contributed by atoms with E-state index < -0.39 is 0 Å². The van der Waals surface area contributed by atoms with Crippen molar-refractivity contribution in [1.29, 1.82) is 10.5 Å². The number of hydrogen-bond donors (Lipinski definition) is 3. The first-order valence-electron chi connectivity index (χ1n) is 24.1. The largest absolute Gasteiger partial charge is 0.504 e. The number of nitrogens with one attached hydrogen (secondary N) is 2. The summed E-state index contributed by atoms with van der Waals surface area (Å²) in [6, 6.07) is 44.3. The normalized spacial score (nSPS) is 10.2. The second-order valence-electron chi connectivity index (χ2n) is 16.7. The Labute approximate surface area is 469 Å². The minimum absolute atomic E-state index is 0.0176. The first-order chi connectivity index (χ1) is 38.9. The minimum atomic E-state index is -0.0176. The van der Waals surface area contributed by atoms with Crippen molar-refractivity contribution in [1.82, 2.24) is 20.3 Å². The fraction of sp³-hybridized carbons (Fsp3) is 0.138. The number of alkyl halides is 1. The number of phenols is 1. The predicted octanol–water partition coefficient (Wildman–Crippen LogP) is 12.5. The molecule has 0 bridgehead atoms. The first kappa shape index (κ1) is 57.7. The van der Waals surface area contributed by atoms with Gasteiger partial charge in [-0.15, -0.1) is 11.6 Å². The van der Waals surface area contributed by atoms with Crippen LogP contribution in [0.1, 0.15) is 34.0 Å². The summed E-state index contributed by atoms with van der Waals surface area (Å²) in [5, 5.41) is 44.9. The predicted molar refractivity (Wildman–Crippen MR) is 307 cm³/mol. The maximum absolute atomic E-state index is 10.0. The van der Waals surface area contributed by atoms with E-state index in [1.807, 2.05) is 117 Å². The molecule has 80 heavy (non-hydrogen) atoms. The number of anilines is 4. The van der Waals surface area contributed by atoms with Crippen molar-refractivity contribution in [3.63, 3.8) is 0 Å². The molecule has 22 heteroatoms. The fourth-order valence-corrected chi connectivity index (χ4v) is 7.69. The van der Waals surface area contributed by atoms with Crippen molar-refractivity contribution in [3.05, 3.63) is 180 Å². The van der Waals surface area contributed by atoms with Crippen LogP contribution in [-0.4, -0.2) is 76.4 Å². The number of aromatic nitrogens is 4. The molecule has 3 N–H and O–H groups in total. The molecule has 4 heterocycles. The van der Waals surface area contributed by atoms with Crippen molar-refractivity contribution >= 4 is 78.7 Å². The molecule has 10 rings (SSSR count). The number of hydrogen-bond acceptors (Lipinski definition) is 18. The van der Waals surface area contributed by atoms with Gasteiger partial charge in [-0.25, -0.2) is 0 Å². The number of benzene rings is 6. The highest BCUT2D eigenvalue weighted by molar-refractivity contribution is 7.17. The van der Waals surface area contributed by atoms with Crippen LogP contribution in [-0.2, 0) is 12.5 Å². The van der Waals surface area contributed by atoms with Crippen LogP contribution in [0.2, 0.25) is 0 Å². The molecule has 6 aromatic carbocycles. The van der Waals surface area contributed by atoms with Gasteiger partial charge in [0.1, 0.15) is 47.5 Å². The zero-order valence-electron chi connectivity index (χ0n) is 44.2. The number of phenolic OH excluding ortho intramolecular Hbond substituents is 1. The lowest BCUT2D eigenvalue weighted by Crippen LogP contribution is -2.01. The van der Waals surface area contributed by atoms with Gasteiger partial charge >= 0.3 is 0 Å². The standard InChI is InChI=1S/C29H24N4O5.C24H19N3O4.C5H6ClNO.B3/c1-18-12-21(33-38-18)17-36-28-14-24-23(13-27(28)35-3)29(19(15-30)16-31-24)32-20-8-10-22(11-9-20)37-26-7-5-4-6-25(26)34-2;1-29-21-5-3-4-6-22(21)31-17-9-7-16(8-10-17)27-24-15(13-25)14-26-19-12-20(28)23(30-2)11-18(19)24;1-4-2-5(3-6)7-8-4;1-3-2/h4-14,16H,17H2,1-3H3,(H,31,32);3-12,14,28H,1-2H3,(H,26,27);2H,3H2,1H3;. The molecule has 0 aliphatic heterocycles. The summed E-state index contributed by atoms with van der Waals surface area (Å²) in [6.45, 7) is 3.87. The van der Waals surface area contributed by atoms with E-state index in [9.17, 15) is 15.6 Å². The lowest BCUT2D eigenvalue weighted by Gasteiger charge is -2.15. The number of methoxy groups -OCH3 is 4. The molecule has 5 radical (unpaired) electrons. The summed E-state index contributed by atoms with van der Waals surface area (Å²) >= 11 is 5.42. The summed E-state index contributed by atoms with van der Waals surface area (Å²) in [5.74, 6) is 7.02. The Balaban J connectivity index is 0.000000197. The Hall–Kier alpha value is -9.98. The molecule has 397 valence electrons. The molecule has 18 nitrogen and oxygen atoms in total. The van der Waals surface area contributed by atoms with Gasteiger partial charge in [0.2, 0.25) is 0 Å². The maximum Gasteiger partial charge on any atom is 0.169 e. The van der Waals surface area contributed by atoms with Gasteiger partial charge < -0.3 is 57.9 Å². The summed E-state index contributed by atoms with van der Waals surface area (Å²) < 4.78 is 49.1. The fourth-order valence-electron chi connectivity index (χ4n) is 7.56. The van der Waals surface area contributed by atoms with Gasteiger partial charge in [-0.2, -0.15) is 10.5 Å². The van der Waals surface area contributed by atoms with Crippen LogP contribution in [0.3, 0.4) is 0 Å². The first-order valence-corrected chi connectivity index (χ1v) is 24.6. The van der Waals surface area contributed by atoms with Crippen LogP contribution in [0.4, 0.5) is 22.7 Å². The van der Waals surface area contributed by atoms with Crippen molar-refractivity contribution in [3.8, 4) is 69.6 Å². The second kappa shape index (κ2) is 28.4. The summed E-state index contributed by atoms with van der Waals surface area (Å²) in [4.78, 5) is 8.72. The third kappa shape index (κ3) is 14.9. The van der Waals surface area contributed by atoms with Crippen molar-refractivity contribution in [2.75, 3.05) is 39.1 Å². The number of pyridine rings is 2. The SMILES string of the molecule is COc1cc2c(Nc3ccc(Oc4ccccc4OC)cc3)c(C#N)cnc2cc1O.COc1cc2c(Nc3ccc(Oc4ccccc4OC)cc3)c(C#N)cnc2cc1OCc1cc(C)on1.Cc1cc(CCl)no1.[B][B][B]. The van der Waals surface area contributed by atoms with Crippen LogP contribution in [0.5, 0.6) is 57.5 Å². The number of aromatic hydroxyl groups is 1. The highest BCUT2D eigenvalue weighted by Gasteiger charge is 2.17. The van der Waals surface area contributed by atoms with E-state index in [-0.39, 0.29) is 12.4 Å². The van der Waals surface area contributed by atoms with E-state index in [1.54, 1.807) is 45.6 Å². The van der Waals surface area contributed by atoms with E-state index in [4.69, 9.17) is 53.8 Å².